The van der Waals surface area contributed by atoms with Crippen molar-refractivity contribution in [1.29, 1.82) is 0 Å². The molecule has 2 N–H and O–H groups in total. The third-order valence-corrected chi connectivity index (χ3v) is 19.6. The standard InChI is InChI=1S/C36H53ClN2O6Si2/c1-34(2,3)46(7,8)44-23-36(24-45-47(9,10)35(4,5)6)22-43-30-19-26(12-11-17-40)18-28-31(30)39(36)21-29(32(28)41)33(42)38-20-25-13-15-27(37)16-14-25/h13-16,18-19,21,40H,11-12,17,20,22-24H2,1-10H3,(H,38,42). The normalized spacial score (nSPS) is 15.1. The number of rotatable bonds is 12. The number of pyridine rings is 1. The molecule has 0 unspecified atom stereocenters. The number of aromatic nitrogens is 1. The molecule has 2 aromatic carbocycles. The Hall–Kier alpha value is -2.48. The van der Waals surface area contributed by atoms with E-state index in [-0.39, 0.29) is 40.8 Å². The number of hydrogen-bond donors (Lipinski definition) is 2. The van der Waals surface area contributed by atoms with Gasteiger partial charge >= 0.3 is 0 Å². The highest BCUT2D eigenvalue weighted by molar-refractivity contribution is 6.74. The van der Waals surface area contributed by atoms with E-state index in [2.05, 4.69) is 73.0 Å². The summed E-state index contributed by atoms with van der Waals surface area (Å²) in [6.45, 7) is 23.2. The number of aliphatic hydroxyl groups is 1. The molecule has 8 nitrogen and oxygen atoms in total. The van der Waals surface area contributed by atoms with Gasteiger partial charge in [0.05, 0.1) is 24.1 Å². The minimum Gasteiger partial charge on any atom is -0.489 e. The van der Waals surface area contributed by atoms with Crippen molar-refractivity contribution in [3.05, 3.63) is 74.5 Å². The SMILES string of the molecule is CC(C)(C)[Si](C)(C)OCC1(CO[Si](C)(C)C(C)(C)C)COc2cc(CCCO)cc3c(=O)c(C(=O)NCc4ccc(Cl)cc4)cn1c23. The lowest BCUT2D eigenvalue weighted by molar-refractivity contribution is 0.0262. The van der Waals surface area contributed by atoms with Gasteiger partial charge in [-0.2, -0.15) is 0 Å². The molecule has 0 bridgehead atoms. The van der Waals surface area contributed by atoms with E-state index in [0.29, 0.717) is 47.7 Å². The molecule has 0 fully saturated rings. The van der Waals surface area contributed by atoms with Crippen LogP contribution in [-0.2, 0) is 27.4 Å². The summed E-state index contributed by atoms with van der Waals surface area (Å²) >= 11 is 6.06. The van der Waals surface area contributed by atoms with E-state index in [1.54, 1.807) is 18.3 Å². The summed E-state index contributed by atoms with van der Waals surface area (Å²) in [6.07, 6.45) is 2.81. The monoisotopic (exact) mass is 700 g/mol. The summed E-state index contributed by atoms with van der Waals surface area (Å²) in [5, 5.41) is 13.4. The number of carbonyl (C=O) groups is 1. The first-order valence-corrected chi connectivity index (χ1v) is 22.7. The number of aryl methyl sites for hydroxylation is 1. The minimum atomic E-state index is -2.23. The molecule has 47 heavy (non-hydrogen) atoms. The van der Waals surface area contributed by atoms with Crippen LogP contribution in [0.3, 0.4) is 0 Å². The maximum Gasteiger partial charge on any atom is 0.257 e. The first-order chi connectivity index (χ1) is 21.7. The Balaban J connectivity index is 1.90. The molecule has 11 heteroatoms. The maximum absolute atomic E-state index is 14.2. The van der Waals surface area contributed by atoms with Crippen molar-refractivity contribution in [2.75, 3.05) is 26.4 Å². The van der Waals surface area contributed by atoms with Crippen LogP contribution in [0.1, 0.15) is 69.4 Å². The van der Waals surface area contributed by atoms with Crippen LogP contribution in [0.2, 0.25) is 41.3 Å². The van der Waals surface area contributed by atoms with Crippen molar-refractivity contribution in [3.8, 4) is 5.75 Å². The van der Waals surface area contributed by atoms with Crippen molar-refractivity contribution >= 4 is 45.0 Å². The predicted octanol–water partition coefficient (Wildman–Crippen LogP) is 7.64. The van der Waals surface area contributed by atoms with Crippen LogP contribution >= 0.6 is 11.6 Å². The molecule has 1 aliphatic heterocycles. The van der Waals surface area contributed by atoms with Gasteiger partial charge in [-0.1, -0.05) is 65.3 Å². The van der Waals surface area contributed by atoms with Gasteiger partial charge < -0.3 is 28.6 Å². The number of nitrogens with one attached hydrogen (secondary N) is 1. The predicted molar refractivity (Wildman–Crippen MR) is 196 cm³/mol. The Morgan fingerprint density at radius 1 is 0.979 bits per heavy atom. The Bertz CT molecular complexity index is 1630. The molecule has 0 radical (unpaired) electrons. The fourth-order valence-corrected chi connectivity index (χ4v) is 7.30. The van der Waals surface area contributed by atoms with Gasteiger partial charge in [-0.25, -0.2) is 0 Å². The maximum atomic E-state index is 14.2. The molecular formula is C36H53ClN2O6Si2. The number of halogens is 1. The zero-order chi connectivity index (χ0) is 35.0. The van der Waals surface area contributed by atoms with E-state index >= 15 is 0 Å². The second-order valence-corrected chi connectivity index (χ2v) is 26.0. The van der Waals surface area contributed by atoms with Gasteiger partial charge in [0.2, 0.25) is 5.43 Å². The first kappa shape index (κ1) is 37.3. The van der Waals surface area contributed by atoms with Crippen molar-refractivity contribution in [1.82, 2.24) is 9.88 Å². The van der Waals surface area contributed by atoms with Crippen LogP contribution in [0.5, 0.6) is 5.75 Å². The number of nitrogens with zero attached hydrogens (tertiary/aromatic N) is 1. The second-order valence-electron chi connectivity index (χ2n) is 16.0. The first-order valence-electron chi connectivity index (χ1n) is 16.5. The molecule has 3 aromatic rings. The van der Waals surface area contributed by atoms with Gasteiger partial charge in [-0.15, -0.1) is 0 Å². The van der Waals surface area contributed by atoms with Gasteiger partial charge in [0, 0.05) is 24.4 Å². The van der Waals surface area contributed by atoms with Gasteiger partial charge in [-0.05, 0) is 84.5 Å². The Morgan fingerprint density at radius 3 is 2.09 bits per heavy atom. The van der Waals surface area contributed by atoms with E-state index in [0.717, 1.165) is 11.1 Å². The molecule has 2 heterocycles. The van der Waals surface area contributed by atoms with E-state index in [4.69, 9.17) is 25.2 Å². The van der Waals surface area contributed by atoms with Crippen LogP contribution in [-0.4, -0.2) is 58.6 Å². The van der Waals surface area contributed by atoms with Gasteiger partial charge in [-0.3, -0.25) is 9.59 Å². The summed E-state index contributed by atoms with van der Waals surface area (Å²) in [7, 11) is -4.47. The molecule has 0 spiro atoms. The largest absolute Gasteiger partial charge is 0.489 e. The lowest BCUT2D eigenvalue weighted by Crippen LogP contribution is -2.56. The summed E-state index contributed by atoms with van der Waals surface area (Å²) in [5.74, 6) is 0.116. The lowest BCUT2D eigenvalue weighted by atomic mass is 9.96. The lowest BCUT2D eigenvalue weighted by Gasteiger charge is -2.46. The zero-order valence-electron chi connectivity index (χ0n) is 29.8. The van der Waals surface area contributed by atoms with Crippen LogP contribution in [0.4, 0.5) is 0 Å². The fourth-order valence-electron chi connectivity index (χ4n) is 5.05. The number of hydrogen-bond acceptors (Lipinski definition) is 6. The minimum absolute atomic E-state index is 0.0320. The quantitative estimate of drug-likeness (QED) is 0.189. The molecular weight excluding hydrogens is 648 g/mol. The molecule has 0 aliphatic carbocycles. The van der Waals surface area contributed by atoms with Crippen molar-refractivity contribution in [3.63, 3.8) is 0 Å². The van der Waals surface area contributed by atoms with E-state index < -0.39 is 28.1 Å². The molecule has 0 atom stereocenters. The van der Waals surface area contributed by atoms with E-state index in [9.17, 15) is 14.7 Å². The third-order valence-electron chi connectivity index (χ3n) is 10.4. The Labute approximate surface area is 287 Å². The summed E-state index contributed by atoms with van der Waals surface area (Å²) in [5.41, 5.74) is 1.19. The summed E-state index contributed by atoms with van der Waals surface area (Å²) < 4.78 is 22.4. The van der Waals surface area contributed by atoms with E-state index in [1.807, 2.05) is 28.8 Å². The van der Waals surface area contributed by atoms with Crippen LogP contribution in [0, 0.1) is 0 Å². The number of carbonyl (C=O) groups excluding carboxylic acids is 1. The number of benzene rings is 2. The molecule has 1 aliphatic rings. The van der Waals surface area contributed by atoms with Gasteiger partial charge in [0.15, 0.2) is 16.6 Å². The smallest absolute Gasteiger partial charge is 0.257 e. The molecule has 1 aromatic heterocycles. The van der Waals surface area contributed by atoms with Gasteiger partial charge in [0.25, 0.3) is 5.91 Å². The van der Waals surface area contributed by atoms with Crippen molar-refractivity contribution in [2.24, 2.45) is 0 Å². The topological polar surface area (TPSA) is 99.0 Å². The highest BCUT2D eigenvalue weighted by Crippen LogP contribution is 2.42. The van der Waals surface area contributed by atoms with Gasteiger partial charge in [0.1, 0.15) is 23.5 Å². The third kappa shape index (κ3) is 8.05. The van der Waals surface area contributed by atoms with Crippen molar-refractivity contribution in [2.45, 2.75) is 103 Å². The Morgan fingerprint density at radius 2 is 1.55 bits per heavy atom. The zero-order valence-corrected chi connectivity index (χ0v) is 32.6. The molecule has 0 saturated carbocycles. The van der Waals surface area contributed by atoms with Crippen LogP contribution < -0.4 is 15.5 Å². The highest BCUT2D eigenvalue weighted by Gasteiger charge is 2.47. The highest BCUT2D eigenvalue weighted by atomic mass is 35.5. The second kappa shape index (κ2) is 13.8. The summed E-state index contributed by atoms with van der Waals surface area (Å²) in [4.78, 5) is 28.0. The number of aliphatic hydroxyl groups excluding tert-OH is 1. The molecule has 258 valence electrons. The molecule has 0 saturated heterocycles. The summed E-state index contributed by atoms with van der Waals surface area (Å²) in [6, 6.07) is 11.0. The van der Waals surface area contributed by atoms with Crippen LogP contribution in [0.15, 0.2) is 47.4 Å². The average Bonchev–Trinajstić information content (AvgIpc) is 2.98. The fraction of sp³-hybridized carbons (Fsp3) is 0.556. The molecule has 1 amide bonds. The van der Waals surface area contributed by atoms with Crippen molar-refractivity contribution < 1.29 is 23.5 Å². The van der Waals surface area contributed by atoms with Crippen LogP contribution in [0.25, 0.3) is 10.9 Å². The molecule has 4 rings (SSSR count). The number of amides is 1. The Kier molecular flexibility index (Phi) is 11.0. The number of ether oxygens (including phenoxy) is 1. The van der Waals surface area contributed by atoms with E-state index in [1.165, 1.54) is 0 Å². The average molecular weight is 701 g/mol.